The SMILES string of the molecule is O=C(N/N=C/c1ccc(Cl)c(Cl)c1)c1cc(-c2ccc3ccccc3c2)n[nH]1. The molecule has 28 heavy (non-hydrogen) atoms. The molecule has 0 radical (unpaired) electrons. The number of carbonyl (C=O) groups excluding carboxylic acids is 1. The van der Waals surface area contributed by atoms with Gasteiger partial charge in [-0.25, -0.2) is 5.43 Å². The molecule has 5 nitrogen and oxygen atoms in total. The lowest BCUT2D eigenvalue weighted by Crippen LogP contribution is -2.18. The van der Waals surface area contributed by atoms with Crippen LogP contribution in [0.15, 0.2) is 71.8 Å². The van der Waals surface area contributed by atoms with Crippen LogP contribution in [-0.4, -0.2) is 22.3 Å². The molecule has 1 amide bonds. The summed E-state index contributed by atoms with van der Waals surface area (Å²) >= 11 is 11.8. The van der Waals surface area contributed by atoms with Crippen LogP contribution in [0.5, 0.6) is 0 Å². The summed E-state index contributed by atoms with van der Waals surface area (Å²) in [5.74, 6) is -0.393. The number of aromatic amines is 1. The molecule has 0 saturated heterocycles. The van der Waals surface area contributed by atoms with Gasteiger partial charge in [0.05, 0.1) is 22.0 Å². The average molecular weight is 409 g/mol. The van der Waals surface area contributed by atoms with Crippen molar-refractivity contribution in [1.29, 1.82) is 0 Å². The van der Waals surface area contributed by atoms with Crippen molar-refractivity contribution in [3.05, 3.63) is 88.0 Å². The molecular formula is C21H14Cl2N4O. The first-order chi connectivity index (χ1) is 13.6. The summed E-state index contributed by atoms with van der Waals surface area (Å²) in [6.45, 7) is 0. The second kappa shape index (κ2) is 7.84. The maximum absolute atomic E-state index is 12.3. The molecule has 1 heterocycles. The van der Waals surface area contributed by atoms with Gasteiger partial charge in [-0.15, -0.1) is 0 Å². The van der Waals surface area contributed by atoms with Crippen molar-refractivity contribution in [1.82, 2.24) is 15.6 Å². The molecular weight excluding hydrogens is 395 g/mol. The van der Waals surface area contributed by atoms with Gasteiger partial charge in [-0.05, 0) is 40.6 Å². The van der Waals surface area contributed by atoms with E-state index in [1.165, 1.54) is 6.21 Å². The van der Waals surface area contributed by atoms with E-state index < -0.39 is 5.91 Å². The summed E-state index contributed by atoms with van der Waals surface area (Å²) in [6.07, 6.45) is 1.49. The summed E-state index contributed by atoms with van der Waals surface area (Å²) in [7, 11) is 0. The zero-order chi connectivity index (χ0) is 19.5. The van der Waals surface area contributed by atoms with Crippen LogP contribution in [0, 0.1) is 0 Å². The van der Waals surface area contributed by atoms with E-state index in [1.54, 1.807) is 24.3 Å². The van der Waals surface area contributed by atoms with E-state index in [9.17, 15) is 4.79 Å². The van der Waals surface area contributed by atoms with Crippen molar-refractivity contribution in [2.75, 3.05) is 0 Å². The zero-order valence-electron chi connectivity index (χ0n) is 14.5. The van der Waals surface area contributed by atoms with Crippen molar-refractivity contribution in [2.45, 2.75) is 0 Å². The Labute approximate surface area is 171 Å². The van der Waals surface area contributed by atoms with Gasteiger partial charge in [-0.2, -0.15) is 10.2 Å². The first-order valence-electron chi connectivity index (χ1n) is 8.43. The molecule has 4 rings (SSSR count). The summed E-state index contributed by atoms with van der Waals surface area (Å²) in [5.41, 5.74) is 5.10. The predicted molar refractivity (Wildman–Crippen MR) is 113 cm³/mol. The first-order valence-corrected chi connectivity index (χ1v) is 9.19. The Bertz CT molecular complexity index is 1200. The van der Waals surface area contributed by atoms with E-state index in [4.69, 9.17) is 23.2 Å². The third kappa shape index (κ3) is 3.91. The fraction of sp³-hybridized carbons (Fsp3) is 0. The largest absolute Gasteiger partial charge is 0.289 e. The van der Waals surface area contributed by atoms with Crippen LogP contribution in [-0.2, 0) is 0 Å². The highest BCUT2D eigenvalue weighted by Crippen LogP contribution is 2.24. The molecule has 0 aliphatic rings. The molecule has 7 heteroatoms. The third-order valence-electron chi connectivity index (χ3n) is 4.19. The number of aromatic nitrogens is 2. The number of carbonyl (C=O) groups is 1. The number of benzene rings is 3. The number of rotatable bonds is 4. The van der Waals surface area contributed by atoms with Crippen LogP contribution in [0.1, 0.15) is 16.1 Å². The molecule has 0 atom stereocenters. The number of H-pyrrole nitrogens is 1. The van der Waals surface area contributed by atoms with E-state index in [-0.39, 0.29) is 0 Å². The maximum atomic E-state index is 12.3. The molecule has 0 unspecified atom stereocenters. The predicted octanol–water partition coefficient (Wildman–Crippen LogP) is 5.30. The lowest BCUT2D eigenvalue weighted by Gasteiger charge is -2.00. The highest BCUT2D eigenvalue weighted by molar-refractivity contribution is 6.42. The second-order valence-electron chi connectivity index (χ2n) is 6.10. The van der Waals surface area contributed by atoms with Gasteiger partial charge in [0.2, 0.25) is 0 Å². The molecule has 4 aromatic rings. The van der Waals surface area contributed by atoms with Gasteiger partial charge in [0.15, 0.2) is 0 Å². The molecule has 138 valence electrons. The van der Waals surface area contributed by atoms with E-state index >= 15 is 0 Å². The number of fused-ring (bicyclic) bond motifs is 1. The van der Waals surface area contributed by atoms with Crippen molar-refractivity contribution in [2.24, 2.45) is 5.10 Å². The van der Waals surface area contributed by atoms with Gasteiger partial charge in [0.25, 0.3) is 5.91 Å². The normalized spacial score (nSPS) is 11.2. The monoisotopic (exact) mass is 408 g/mol. The Morgan fingerprint density at radius 2 is 1.79 bits per heavy atom. The molecule has 0 spiro atoms. The molecule has 0 saturated carbocycles. The van der Waals surface area contributed by atoms with Crippen LogP contribution >= 0.6 is 23.2 Å². The molecule has 0 bridgehead atoms. The van der Waals surface area contributed by atoms with Gasteiger partial charge in [0, 0.05) is 5.56 Å². The average Bonchev–Trinajstić information content (AvgIpc) is 3.20. The van der Waals surface area contributed by atoms with Gasteiger partial charge in [0.1, 0.15) is 5.69 Å². The number of hydrogen-bond acceptors (Lipinski definition) is 3. The van der Waals surface area contributed by atoms with Gasteiger partial charge >= 0.3 is 0 Å². The number of hydrogen-bond donors (Lipinski definition) is 2. The Kier molecular flexibility index (Phi) is 5.10. The Morgan fingerprint density at radius 3 is 2.61 bits per heavy atom. The van der Waals surface area contributed by atoms with Crippen LogP contribution < -0.4 is 5.43 Å². The topological polar surface area (TPSA) is 70.1 Å². The van der Waals surface area contributed by atoms with Crippen molar-refractivity contribution in [3.8, 4) is 11.3 Å². The van der Waals surface area contributed by atoms with Crippen LogP contribution in [0.2, 0.25) is 10.0 Å². The Morgan fingerprint density at radius 1 is 0.964 bits per heavy atom. The quantitative estimate of drug-likeness (QED) is 0.355. The molecule has 0 fully saturated rings. The van der Waals surface area contributed by atoms with Crippen molar-refractivity contribution in [3.63, 3.8) is 0 Å². The minimum atomic E-state index is -0.393. The van der Waals surface area contributed by atoms with E-state index in [2.05, 4.69) is 26.8 Å². The highest BCUT2D eigenvalue weighted by Gasteiger charge is 2.10. The molecule has 3 aromatic carbocycles. The van der Waals surface area contributed by atoms with E-state index in [0.717, 1.165) is 21.9 Å². The van der Waals surface area contributed by atoms with Crippen LogP contribution in [0.3, 0.4) is 0 Å². The summed E-state index contributed by atoms with van der Waals surface area (Å²) < 4.78 is 0. The molecule has 2 N–H and O–H groups in total. The summed E-state index contributed by atoms with van der Waals surface area (Å²) in [6, 6.07) is 20.9. The number of halogens is 2. The van der Waals surface area contributed by atoms with Gasteiger partial charge in [-0.1, -0.05) is 65.7 Å². The number of nitrogens with one attached hydrogen (secondary N) is 2. The van der Waals surface area contributed by atoms with Crippen LogP contribution in [0.25, 0.3) is 22.0 Å². The van der Waals surface area contributed by atoms with Gasteiger partial charge in [-0.3, -0.25) is 9.89 Å². The number of amides is 1. The molecule has 0 aliphatic carbocycles. The Balaban J connectivity index is 1.47. The van der Waals surface area contributed by atoms with Crippen molar-refractivity contribution >= 4 is 46.1 Å². The lowest BCUT2D eigenvalue weighted by molar-refractivity contribution is 0.0950. The number of nitrogens with zero attached hydrogens (tertiary/aromatic N) is 2. The van der Waals surface area contributed by atoms with E-state index in [1.807, 2.05) is 36.4 Å². The summed E-state index contributed by atoms with van der Waals surface area (Å²) in [5, 5.41) is 14.1. The van der Waals surface area contributed by atoms with Crippen molar-refractivity contribution < 1.29 is 4.79 Å². The maximum Gasteiger partial charge on any atom is 0.289 e. The second-order valence-corrected chi connectivity index (χ2v) is 6.92. The Hall–Kier alpha value is -3.15. The zero-order valence-corrected chi connectivity index (χ0v) is 16.0. The lowest BCUT2D eigenvalue weighted by atomic mass is 10.1. The minimum Gasteiger partial charge on any atom is -0.272 e. The standard InChI is InChI=1S/C21H14Cl2N4O/c22-17-8-5-13(9-18(17)23)12-24-27-21(28)20-11-19(25-26-20)16-7-6-14-3-1-2-4-15(14)10-16/h1-12H,(H,25,26)(H,27,28)/b24-12+. The smallest absolute Gasteiger partial charge is 0.272 e. The fourth-order valence-corrected chi connectivity index (χ4v) is 3.06. The highest BCUT2D eigenvalue weighted by atomic mass is 35.5. The third-order valence-corrected chi connectivity index (χ3v) is 4.93. The van der Waals surface area contributed by atoms with Crippen LogP contribution in [0.4, 0.5) is 0 Å². The minimum absolute atomic E-state index is 0.314. The fourth-order valence-electron chi connectivity index (χ4n) is 2.75. The van der Waals surface area contributed by atoms with Gasteiger partial charge < -0.3 is 0 Å². The van der Waals surface area contributed by atoms with E-state index in [0.29, 0.717) is 21.4 Å². The number of hydrazone groups is 1. The first kappa shape index (κ1) is 18.2. The summed E-state index contributed by atoms with van der Waals surface area (Å²) in [4.78, 5) is 12.3. The molecule has 1 aromatic heterocycles. The molecule has 0 aliphatic heterocycles.